The van der Waals surface area contributed by atoms with Gasteiger partial charge in [-0.05, 0) is 55.4 Å². The Hall–Kier alpha value is -3.00. The lowest BCUT2D eigenvalue weighted by Crippen LogP contribution is -2.17. The van der Waals surface area contributed by atoms with Crippen LogP contribution in [0.25, 0.3) is 17.1 Å². The molecule has 0 spiro atoms. The number of phenols is 2. The first-order valence-electron chi connectivity index (χ1n) is 9.03. The van der Waals surface area contributed by atoms with E-state index >= 15 is 0 Å². The van der Waals surface area contributed by atoms with Crippen molar-refractivity contribution in [2.24, 2.45) is 0 Å². The summed E-state index contributed by atoms with van der Waals surface area (Å²) in [6.45, 7) is 4.80. The number of hydrogen-bond donors (Lipinski definition) is 3. The monoisotopic (exact) mass is 400 g/mol. The topological polar surface area (TPSA) is 86.5 Å². The molecule has 7 nitrogen and oxygen atoms in total. The van der Waals surface area contributed by atoms with Crippen LogP contribution in [0.4, 0.5) is 5.69 Å². The van der Waals surface area contributed by atoms with Gasteiger partial charge in [0, 0.05) is 19.7 Å². The van der Waals surface area contributed by atoms with Crippen LogP contribution in [0.2, 0.25) is 0 Å². The number of methoxy groups -OCH3 is 1. The van der Waals surface area contributed by atoms with E-state index in [0.717, 1.165) is 29.2 Å². The number of ether oxygens (including phenoxy) is 1. The largest absolute Gasteiger partial charge is 0.508 e. The molecule has 0 radical (unpaired) electrons. The van der Waals surface area contributed by atoms with Crippen LogP contribution in [0.15, 0.2) is 30.3 Å². The van der Waals surface area contributed by atoms with Gasteiger partial charge in [0.15, 0.2) is 10.6 Å². The third-order valence-corrected chi connectivity index (χ3v) is 5.07. The zero-order valence-corrected chi connectivity index (χ0v) is 17.2. The second kappa shape index (κ2) is 7.93. The van der Waals surface area contributed by atoms with E-state index in [1.807, 2.05) is 32.2 Å². The molecule has 28 heavy (non-hydrogen) atoms. The summed E-state index contributed by atoms with van der Waals surface area (Å²) in [5, 5.41) is 27.5. The first-order valence-corrected chi connectivity index (χ1v) is 9.44. The summed E-state index contributed by atoms with van der Waals surface area (Å²) >= 11 is 5.45. The summed E-state index contributed by atoms with van der Waals surface area (Å²) in [4.78, 5) is 2.07. The van der Waals surface area contributed by atoms with Crippen molar-refractivity contribution in [2.75, 3.05) is 25.6 Å². The maximum Gasteiger partial charge on any atom is 0.200 e. The minimum Gasteiger partial charge on any atom is -0.508 e. The third kappa shape index (κ3) is 3.43. The number of nitrogens with one attached hydrogen (secondary N) is 1. The summed E-state index contributed by atoms with van der Waals surface area (Å²) in [5.41, 5.74) is 2.91. The van der Waals surface area contributed by atoms with Crippen molar-refractivity contribution in [1.82, 2.24) is 14.8 Å². The average Bonchev–Trinajstić information content (AvgIpc) is 3.08. The Bertz CT molecular complexity index is 1060. The van der Waals surface area contributed by atoms with Crippen molar-refractivity contribution >= 4 is 17.9 Å². The Morgan fingerprint density at radius 3 is 2.57 bits per heavy atom. The summed E-state index contributed by atoms with van der Waals surface area (Å²) in [7, 11) is 3.62. The van der Waals surface area contributed by atoms with E-state index in [1.54, 1.807) is 17.7 Å². The first kappa shape index (κ1) is 19.8. The molecule has 1 heterocycles. The van der Waals surface area contributed by atoms with Gasteiger partial charge in [0.2, 0.25) is 0 Å². The second-order valence-corrected chi connectivity index (χ2v) is 6.80. The number of aromatic hydroxyl groups is 2. The van der Waals surface area contributed by atoms with Gasteiger partial charge in [-0.3, -0.25) is 9.67 Å². The second-order valence-electron chi connectivity index (χ2n) is 6.41. The van der Waals surface area contributed by atoms with E-state index in [2.05, 4.69) is 22.0 Å². The van der Waals surface area contributed by atoms with Crippen LogP contribution >= 0.6 is 12.2 Å². The maximum absolute atomic E-state index is 10.4. The van der Waals surface area contributed by atoms with E-state index < -0.39 is 0 Å². The van der Waals surface area contributed by atoms with Gasteiger partial charge < -0.3 is 19.8 Å². The standard InChI is InChI=1S/C20H24N4O3S/c1-5-12-9-14(17(26)11-16(12)25)19-21-22-20(28)24(19)13-7-8-18(27-4)15(10-13)23(3)6-2/h7-11,25-26H,5-6H2,1-4H3,(H,22,28). The number of rotatable bonds is 6. The third-order valence-electron chi connectivity index (χ3n) is 4.80. The molecule has 0 aliphatic rings. The van der Waals surface area contributed by atoms with Crippen LogP contribution in [0.3, 0.4) is 0 Å². The molecular weight excluding hydrogens is 376 g/mol. The van der Waals surface area contributed by atoms with Gasteiger partial charge in [-0.25, -0.2) is 0 Å². The van der Waals surface area contributed by atoms with Gasteiger partial charge in [0.05, 0.1) is 24.0 Å². The van der Waals surface area contributed by atoms with Gasteiger partial charge in [0.25, 0.3) is 0 Å². The van der Waals surface area contributed by atoms with Crippen LogP contribution in [0.5, 0.6) is 17.2 Å². The molecule has 3 rings (SSSR count). The van der Waals surface area contributed by atoms with Gasteiger partial charge >= 0.3 is 0 Å². The highest BCUT2D eigenvalue weighted by molar-refractivity contribution is 7.71. The molecule has 0 aliphatic carbocycles. The fraction of sp³-hybridized carbons (Fsp3) is 0.300. The number of anilines is 1. The Kier molecular flexibility index (Phi) is 5.60. The summed E-state index contributed by atoms with van der Waals surface area (Å²) < 4.78 is 7.64. The van der Waals surface area contributed by atoms with Crippen LogP contribution < -0.4 is 9.64 Å². The quantitative estimate of drug-likeness (QED) is 0.542. The summed E-state index contributed by atoms with van der Waals surface area (Å²) in [6.07, 6.45) is 0.623. The van der Waals surface area contributed by atoms with Gasteiger partial charge in [-0.2, -0.15) is 5.10 Å². The van der Waals surface area contributed by atoms with Crippen molar-refractivity contribution in [3.63, 3.8) is 0 Å². The predicted molar refractivity (Wildman–Crippen MR) is 112 cm³/mol. The molecule has 0 saturated heterocycles. The molecule has 2 aromatic carbocycles. The highest BCUT2D eigenvalue weighted by Gasteiger charge is 2.18. The number of aromatic nitrogens is 3. The maximum atomic E-state index is 10.4. The lowest BCUT2D eigenvalue weighted by molar-refractivity contribution is 0.415. The lowest BCUT2D eigenvalue weighted by atomic mass is 10.1. The van der Waals surface area contributed by atoms with Crippen LogP contribution in [-0.4, -0.2) is 45.7 Å². The molecule has 3 aromatic rings. The Balaban J connectivity index is 2.22. The number of phenolic OH excluding ortho intramolecular Hbond substituents is 2. The number of aryl methyl sites for hydroxylation is 1. The van der Waals surface area contributed by atoms with Gasteiger partial charge in [0.1, 0.15) is 17.2 Å². The summed E-state index contributed by atoms with van der Waals surface area (Å²) in [6, 6.07) is 8.80. The minimum absolute atomic E-state index is 0.0562. The van der Waals surface area contributed by atoms with Crippen LogP contribution in [-0.2, 0) is 6.42 Å². The molecular formula is C20H24N4O3S. The molecule has 0 saturated carbocycles. The Morgan fingerprint density at radius 2 is 1.93 bits per heavy atom. The smallest absolute Gasteiger partial charge is 0.200 e. The predicted octanol–water partition coefficient (Wildman–Crippen LogP) is 4.04. The highest BCUT2D eigenvalue weighted by Crippen LogP contribution is 2.36. The van der Waals surface area contributed by atoms with Crippen molar-refractivity contribution < 1.29 is 14.9 Å². The molecule has 3 N–H and O–H groups in total. The molecule has 0 aliphatic heterocycles. The van der Waals surface area contributed by atoms with Crippen LogP contribution in [0.1, 0.15) is 19.4 Å². The molecule has 0 amide bonds. The molecule has 0 fully saturated rings. The molecule has 0 atom stereocenters. The SMILES string of the molecule is CCc1cc(-c2n[nH]c(=S)n2-c2ccc(OC)c(N(C)CC)c2)c(O)cc1O. The number of benzene rings is 2. The molecule has 1 aromatic heterocycles. The van der Waals surface area contributed by atoms with Gasteiger partial charge in [-0.15, -0.1) is 0 Å². The van der Waals surface area contributed by atoms with Crippen molar-refractivity contribution in [3.8, 4) is 34.3 Å². The average molecular weight is 401 g/mol. The van der Waals surface area contributed by atoms with E-state index in [0.29, 0.717) is 22.6 Å². The zero-order valence-electron chi connectivity index (χ0n) is 16.4. The molecule has 0 unspecified atom stereocenters. The highest BCUT2D eigenvalue weighted by atomic mass is 32.1. The number of nitrogens with zero attached hydrogens (tertiary/aromatic N) is 3. The lowest BCUT2D eigenvalue weighted by Gasteiger charge is -2.21. The normalized spacial score (nSPS) is 10.9. The van der Waals surface area contributed by atoms with E-state index in [1.165, 1.54) is 6.07 Å². The molecule has 148 valence electrons. The van der Waals surface area contributed by atoms with E-state index in [4.69, 9.17) is 17.0 Å². The van der Waals surface area contributed by atoms with E-state index in [9.17, 15) is 10.2 Å². The van der Waals surface area contributed by atoms with Crippen molar-refractivity contribution in [3.05, 3.63) is 40.7 Å². The van der Waals surface area contributed by atoms with E-state index in [-0.39, 0.29) is 11.5 Å². The van der Waals surface area contributed by atoms with Crippen molar-refractivity contribution in [1.29, 1.82) is 0 Å². The Morgan fingerprint density at radius 1 is 1.18 bits per heavy atom. The van der Waals surface area contributed by atoms with Gasteiger partial charge in [-0.1, -0.05) is 6.92 Å². The molecule has 0 bridgehead atoms. The number of aromatic amines is 1. The Labute approximate surface area is 168 Å². The fourth-order valence-corrected chi connectivity index (χ4v) is 3.33. The fourth-order valence-electron chi connectivity index (χ4n) is 3.09. The first-order chi connectivity index (χ1) is 13.4. The summed E-state index contributed by atoms with van der Waals surface area (Å²) in [5.74, 6) is 1.21. The number of hydrogen-bond acceptors (Lipinski definition) is 6. The molecule has 8 heteroatoms. The van der Waals surface area contributed by atoms with Crippen molar-refractivity contribution in [2.45, 2.75) is 20.3 Å². The number of H-pyrrole nitrogens is 1. The van der Waals surface area contributed by atoms with Crippen LogP contribution in [0, 0.1) is 4.77 Å². The minimum atomic E-state index is -0.0654. The zero-order chi connectivity index (χ0) is 20.4.